The van der Waals surface area contributed by atoms with Gasteiger partial charge in [0.2, 0.25) is 0 Å². The van der Waals surface area contributed by atoms with Crippen LogP contribution in [0.2, 0.25) is 5.02 Å². The lowest BCUT2D eigenvalue weighted by Crippen LogP contribution is -2.19. The summed E-state index contributed by atoms with van der Waals surface area (Å²) in [5.74, 6) is -0.224. The highest BCUT2D eigenvalue weighted by molar-refractivity contribution is 6.31. The highest BCUT2D eigenvalue weighted by Crippen LogP contribution is 2.22. The van der Waals surface area contributed by atoms with Crippen molar-refractivity contribution in [3.63, 3.8) is 0 Å². The summed E-state index contributed by atoms with van der Waals surface area (Å²) in [4.78, 5) is 18.9. The molecule has 0 radical (unpaired) electrons. The molecule has 2 aromatic rings. The molecule has 114 valence electrons. The first-order valence-electron chi connectivity index (χ1n) is 7.42. The Bertz CT molecular complexity index is 679. The number of aromatic nitrogens is 1. The van der Waals surface area contributed by atoms with E-state index in [0.29, 0.717) is 16.4 Å². The molecule has 1 aromatic heterocycles. The molecule has 4 nitrogen and oxygen atoms in total. The molecule has 1 N–H and O–H groups in total. The van der Waals surface area contributed by atoms with Crippen LogP contribution in [0.15, 0.2) is 36.5 Å². The number of carbonyl (C=O) groups is 1. The normalized spacial score (nSPS) is 14.2. The van der Waals surface area contributed by atoms with Gasteiger partial charge in [-0.1, -0.05) is 17.7 Å². The van der Waals surface area contributed by atoms with Gasteiger partial charge in [-0.2, -0.15) is 0 Å². The Hall–Kier alpha value is -2.07. The fourth-order valence-corrected chi connectivity index (χ4v) is 2.77. The quantitative estimate of drug-likeness (QED) is 0.934. The van der Waals surface area contributed by atoms with Gasteiger partial charge in [0.15, 0.2) is 0 Å². The van der Waals surface area contributed by atoms with Gasteiger partial charge in [-0.15, -0.1) is 0 Å². The van der Waals surface area contributed by atoms with Crippen LogP contribution in [0.3, 0.4) is 0 Å². The zero-order valence-electron chi connectivity index (χ0n) is 12.5. The standard InChI is InChI=1S/C17H18ClN3O/c1-12-4-5-13(18)10-16(12)20-17(22)15-7-6-14(11-19-15)21-8-2-3-9-21/h4-7,10-11H,2-3,8-9H2,1H3,(H,20,22). The van der Waals surface area contributed by atoms with Crippen LogP contribution >= 0.6 is 11.6 Å². The van der Waals surface area contributed by atoms with Crippen LogP contribution in [0.5, 0.6) is 0 Å². The van der Waals surface area contributed by atoms with Gasteiger partial charge in [0.05, 0.1) is 11.9 Å². The smallest absolute Gasteiger partial charge is 0.274 e. The lowest BCUT2D eigenvalue weighted by Gasteiger charge is -2.17. The van der Waals surface area contributed by atoms with Crippen molar-refractivity contribution in [1.82, 2.24) is 4.98 Å². The van der Waals surface area contributed by atoms with Crippen LogP contribution in [0.25, 0.3) is 0 Å². The van der Waals surface area contributed by atoms with Crippen molar-refractivity contribution >= 4 is 28.9 Å². The Balaban J connectivity index is 1.73. The van der Waals surface area contributed by atoms with Gasteiger partial charge in [-0.3, -0.25) is 4.79 Å². The van der Waals surface area contributed by atoms with E-state index in [-0.39, 0.29) is 5.91 Å². The first kappa shape index (κ1) is 14.9. The van der Waals surface area contributed by atoms with E-state index >= 15 is 0 Å². The average Bonchev–Trinajstić information content (AvgIpc) is 3.05. The number of carbonyl (C=O) groups excluding carboxylic acids is 1. The number of hydrogen-bond acceptors (Lipinski definition) is 3. The number of amides is 1. The highest BCUT2D eigenvalue weighted by atomic mass is 35.5. The highest BCUT2D eigenvalue weighted by Gasteiger charge is 2.14. The van der Waals surface area contributed by atoms with E-state index in [1.807, 2.05) is 19.1 Å². The molecule has 1 amide bonds. The fraction of sp³-hybridized carbons (Fsp3) is 0.294. The second-order valence-electron chi connectivity index (χ2n) is 5.51. The fourth-order valence-electron chi connectivity index (χ4n) is 2.60. The first-order chi connectivity index (χ1) is 10.6. The average molecular weight is 316 g/mol. The molecular formula is C17H18ClN3O. The van der Waals surface area contributed by atoms with Crippen LogP contribution in [-0.4, -0.2) is 24.0 Å². The van der Waals surface area contributed by atoms with Crippen molar-refractivity contribution in [2.24, 2.45) is 0 Å². The van der Waals surface area contributed by atoms with Crippen molar-refractivity contribution in [3.8, 4) is 0 Å². The lowest BCUT2D eigenvalue weighted by molar-refractivity contribution is 0.102. The van der Waals surface area contributed by atoms with E-state index in [4.69, 9.17) is 11.6 Å². The summed E-state index contributed by atoms with van der Waals surface area (Å²) in [6.45, 7) is 4.06. The SMILES string of the molecule is Cc1ccc(Cl)cc1NC(=O)c1ccc(N2CCCC2)cn1. The minimum absolute atomic E-state index is 0.224. The zero-order valence-corrected chi connectivity index (χ0v) is 13.2. The van der Waals surface area contributed by atoms with Crippen molar-refractivity contribution in [1.29, 1.82) is 0 Å². The molecule has 0 saturated carbocycles. The molecular weight excluding hydrogens is 298 g/mol. The number of hydrogen-bond donors (Lipinski definition) is 1. The van der Waals surface area contributed by atoms with Crippen LogP contribution in [-0.2, 0) is 0 Å². The van der Waals surface area contributed by atoms with Gasteiger partial charge in [-0.25, -0.2) is 4.98 Å². The minimum Gasteiger partial charge on any atom is -0.370 e. The molecule has 1 aliphatic rings. The largest absolute Gasteiger partial charge is 0.370 e. The van der Waals surface area contributed by atoms with E-state index in [1.165, 1.54) is 12.8 Å². The van der Waals surface area contributed by atoms with Crippen LogP contribution in [0.4, 0.5) is 11.4 Å². The summed E-state index contributed by atoms with van der Waals surface area (Å²) in [5.41, 5.74) is 3.16. The van der Waals surface area contributed by atoms with Gasteiger partial charge < -0.3 is 10.2 Å². The molecule has 5 heteroatoms. The van der Waals surface area contributed by atoms with Crippen LogP contribution in [0.1, 0.15) is 28.9 Å². The van der Waals surface area contributed by atoms with E-state index in [1.54, 1.807) is 24.4 Å². The summed E-state index contributed by atoms with van der Waals surface area (Å²) < 4.78 is 0. The molecule has 3 rings (SSSR count). The van der Waals surface area contributed by atoms with Crippen molar-refractivity contribution in [2.45, 2.75) is 19.8 Å². The molecule has 2 heterocycles. The maximum atomic E-state index is 12.3. The van der Waals surface area contributed by atoms with Gasteiger partial charge in [0, 0.05) is 23.8 Å². The molecule has 1 saturated heterocycles. The predicted octanol–water partition coefficient (Wildman–Crippen LogP) is 3.90. The number of nitrogens with zero attached hydrogens (tertiary/aromatic N) is 2. The Morgan fingerprint density at radius 3 is 2.68 bits per heavy atom. The number of nitrogens with one attached hydrogen (secondary N) is 1. The number of anilines is 2. The summed E-state index contributed by atoms with van der Waals surface area (Å²) in [7, 11) is 0. The van der Waals surface area contributed by atoms with Crippen molar-refractivity contribution < 1.29 is 4.79 Å². The van der Waals surface area contributed by atoms with E-state index in [2.05, 4.69) is 15.2 Å². The molecule has 0 aliphatic carbocycles. The second kappa shape index (κ2) is 6.36. The zero-order chi connectivity index (χ0) is 15.5. The summed E-state index contributed by atoms with van der Waals surface area (Å²) in [6.07, 6.45) is 4.21. The summed E-state index contributed by atoms with van der Waals surface area (Å²) >= 11 is 5.97. The number of aryl methyl sites for hydroxylation is 1. The van der Waals surface area contributed by atoms with Gasteiger partial charge in [-0.05, 0) is 49.6 Å². The lowest BCUT2D eigenvalue weighted by atomic mass is 10.2. The Morgan fingerprint density at radius 2 is 2.00 bits per heavy atom. The molecule has 1 aliphatic heterocycles. The van der Waals surface area contributed by atoms with Gasteiger partial charge in [0.1, 0.15) is 5.69 Å². The van der Waals surface area contributed by atoms with E-state index < -0.39 is 0 Å². The molecule has 0 unspecified atom stereocenters. The van der Waals surface area contributed by atoms with Gasteiger partial charge in [0.25, 0.3) is 5.91 Å². The third kappa shape index (κ3) is 3.22. The van der Waals surface area contributed by atoms with Crippen LogP contribution < -0.4 is 10.2 Å². The van der Waals surface area contributed by atoms with E-state index in [9.17, 15) is 4.79 Å². The predicted molar refractivity (Wildman–Crippen MR) is 89.8 cm³/mol. The molecule has 1 aromatic carbocycles. The third-order valence-corrected chi connectivity index (χ3v) is 4.13. The Labute approximate surface area is 135 Å². The second-order valence-corrected chi connectivity index (χ2v) is 5.95. The molecule has 0 atom stereocenters. The molecule has 22 heavy (non-hydrogen) atoms. The summed E-state index contributed by atoms with van der Waals surface area (Å²) in [6, 6.07) is 9.14. The monoisotopic (exact) mass is 315 g/mol. The molecule has 1 fully saturated rings. The van der Waals surface area contributed by atoms with Crippen molar-refractivity contribution in [2.75, 3.05) is 23.3 Å². The number of halogens is 1. The van der Waals surface area contributed by atoms with E-state index in [0.717, 1.165) is 24.3 Å². The third-order valence-electron chi connectivity index (χ3n) is 3.90. The number of pyridine rings is 1. The molecule has 0 bridgehead atoms. The van der Waals surface area contributed by atoms with Crippen molar-refractivity contribution in [3.05, 3.63) is 52.8 Å². The minimum atomic E-state index is -0.224. The Kier molecular flexibility index (Phi) is 4.29. The summed E-state index contributed by atoms with van der Waals surface area (Å²) in [5, 5.41) is 3.45. The first-order valence-corrected chi connectivity index (χ1v) is 7.80. The number of benzene rings is 1. The number of rotatable bonds is 3. The Morgan fingerprint density at radius 1 is 1.23 bits per heavy atom. The maximum Gasteiger partial charge on any atom is 0.274 e. The van der Waals surface area contributed by atoms with Gasteiger partial charge >= 0.3 is 0 Å². The topological polar surface area (TPSA) is 45.2 Å². The van der Waals surface area contributed by atoms with Crippen LogP contribution in [0, 0.1) is 6.92 Å². The molecule has 0 spiro atoms. The maximum absolute atomic E-state index is 12.3.